The van der Waals surface area contributed by atoms with E-state index in [0.717, 1.165) is 43.6 Å². The van der Waals surface area contributed by atoms with E-state index in [2.05, 4.69) is 4.90 Å². The van der Waals surface area contributed by atoms with Crippen LogP contribution in [0.25, 0.3) is 0 Å². The van der Waals surface area contributed by atoms with Gasteiger partial charge in [-0.3, -0.25) is 9.69 Å². The van der Waals surface area contributed by atoms with Crippen molar-refractivity contribution in [3.63, 3.8) is 0 Å². The number of hydrogen-bond donors (Lipinski definition) is 1. The lowest BCUT2D eigenvalue weighted by molar-refractivity contribution is -0.118. The van der Waals surface area contributed by atoms with Gasteiger partial charge in [0.25, 0.3) is 0 Å². The second kappa shape index (κ2) is 6.09. The van der Waals surface area contributed by atoms with E-state index >= 15 is 0 Å². The minimum atomic E-state index is -0.813. The van der Waals surface area contributed by atoms with E-state index in [1.54, 1.807) is 0 Å². The molecule has 2 saturated heterocycles. The van der Waals surface area contributed by atoms with Crippen LogP contribution in [0.5, 0.6) is 0 Å². The smallest absolute Gasteiger partial charge is 0.407 e. The normalized spacial score (nSPS) is 25.3. The van der Waals surface area contributed by atoms with E-state index < -0.39 is 6.09 Å². The summed E-state index contributed by atoms with van der Waals surface area (Å²) in [5.74, 6) is 0.215. The molecule has 2 amide bonds. The number of rotatable bonds is 2. The number of carbonyl (C=O) groups excluding carboxylic acids is 1. The van der Waals surface area contributed by atoms with E-state index in [4.69, 9.17) is 5.11 Å². The Balaban J connectivity index is 1.39. The molecule has 3 aliphatic rings. The van der Waals surface area contributed by atoms with Gasteiger partial charge in [-0.05, 0) is 30.9 Å². The quantitative estimate of drug-likeness (QED) is 0.898. The monoisotopic (exact) mass is 329 g/mol. The Morgan fingerprint density at radius 3 is 2.46 bits per heavy atom. The van der Waals surface area contributed by atoms with Gasteiger partial charge in [0.05, 0.1) is 6.42 Å². The second-order valence-electron chi connectivity index (χ2n) is 7.01. The van der Waals surface area contributed by atoms with Gasteiger partial charge >= 0.3 is 6.09 Å². The van der Waals surface area contributed by atoms with Crippen molar-refractivity contribution in [2.24, 2.45) is 0 Å². The number of benzene rings is 1. The summed E-state index contributed by atoms with van der Waals surface area (Å²) in [6.07, 6.45) is 2.55. The number of nitrogens with zero attached hydrogens (tertiary/aromatic N) is 3. The highest BCUT2D eigenvalue weighted by Crippen LogP contribution is 2.33. The first kappa shape index (κ1) is 15.4. The summed E-state index contributed by atoms with van der Waals surface area (Å²) in [6.45, 7) is 3.13. The molecule has 0 aliphatic carbocycles. The zero-order valence-corrected chi connectivity index (χ0v) is 13.7. The number of carboxylic acid groups (broad SMARTS) is 1. The number of likely N-dealkylation sites (tertiary alicyclic amines) is 2. The van der Waals surface area contributed by atoms with Crippen LogP contribution in [0.3, 0.4) is 0 Å². The molecule has 0 radical (unpaired) electrons. The van der Waals surface area contributed by atoms with E-state index in [1.807, 2.05) is 29.2 Å². The van der Waals surface area contributed by atoms with Gasteiger partial charge in [0.15, 0.2) is 0 Å². The molecule has 2 fully saturated rings. The summed E-state index contributed by atoms with van der Waals surface area (Å²) >= 11 is 0. The fourth-order valence-corrected chi connectivity index (χ4v) is 4.40. The van der Waals surface area contributed by atoms with Gasteiger partial charge in [-0.2, -0.15) is 0 Å². The van der Waals surface area contributed by atoms with Crippen LogP contribution in [-0.2, 0) is 11.2 Å². The maximum absolute atomic E-state index is 12.4. The molecule has 6 heteroatoms. The maximum Gasteiger partial charge on any atom is 0.407 e. The third-order valence-corrected chi connectivity index (χ3v) is 5.68. The Morgan fingerprint density at radius 1 is 1.04 bits per heavy atom. The zero-order chi connectivity index (χ0) is 16.7. The number of amides is 2. The van der Waals surface area contributed by atoms with Crippen LogP contribution in [-0.4, -0.2) is 65.2 Å². The highest BCUT2D eigenvalue weighted by molar-refractivity contribution is 6.01. The molecule has 3 aliphatic heterocycles. The number of fused-ring (bicyclic) bond motifs is 1. The van der Waals surface area contributed by atoms with Crippen LogP contribution < -0.4 is 4.90 Å². The maximum atomic E-state index is 12.4. The number of anilines is 1. The Labute approximate surface area is 141 Å². The molecule has 1 atom stereocenters. The first-order valence-electron chi connectivity index (χ1n) is 8.75. The average molecular weight is 329 g/mol. The number of piperidine rings is 1. The van der Waals surface area contributed by atoms with Crippen molar-refractivity contribution < 1.29 is 14.7 Å². The van der Waals surface area contributed by atoms with E-state index in [9.17, 15) is 9.59 Å². The van der Waals surface area contributed by atoms with E-state index in [1.165, 1.54) is 4.90 Å². The van der Waals surface area contributed by atoms with Crippen molar-refractivity contribution in [2.75, 3.05) is 31.1 Å². The van der Waals surface area contributed by atoms with Gasteiger partial charge in [0.2, 0.25) is 5.91 Å². The summed E-state index contributed by atoms with van der Waals surface area (Å²) in [7, 11) is 0. The predicted molar refractivity (Wildman–Crippen MR) is 90.2 cm³/mol. The molecular weight excluding hydrogens is 306 g/mol. The summed E-state index contributed by atoms with van der Waals surface area (Å²) in [6, 6.07) is 8.69. The predicted octanol–water partition coefficient (Wildman–Crippen LogP) is 1.79. The van der Waals surface area contributed by atoms with E-state index in [0.29, 0.717) is 25.6 Å². The molecule has 0 saturated carbocycles. The molecule has 0 unspecified atom stereocenters. The third-order valence-electron chi connectivity index (χ3n) is 5.68. The topological polar surface area (TPSA) is 64.1 Å². The fraction of sp³-hybridized carbons (Fsp3) is 0.556. The van der Waals surface area contributed by atoms with Gasteiger partial charge < -0.3 is 14.9 Å². The van der Waals surface area contributed by atoms with Gasteiger partial charge in [-0.1, -0.05) is 18.2 Å². The minimum absolute atomic E-state index is 0.215. The van der Waals surface area contributed by atoms with Gasteiger partial charge in [-0.15, -0.1) is 0 Å². The Hall–Kier alpha value is -2.08. The van der Waals surface area contributed by atoms with Crippen molar-refractivity contribution in [1.82, 2.24) is 9.80 Å². The summed E-state index contributed by atoms with van der Waals surface area (Å²) in [4.78, 5) is 29.4. The molecule has 1 N–H and O–H groups in total. The molecule has 3 heterocycles. The highest BCUT2D eigenvalue weighted by atomic mass is 16.4. The van der Waals surface area contributed by atoms with Crippen molar-refractivity contribution in [1.29, 1.82) is 0 Å². The molecule has 0 aromatic heterocycles. The SMILES string of the molecule is O=C(O)N1CC[C@H](N2CCC(N3C(=O)Cc4ccccc43)CC2)C1. The molecule has 4 rings (SSSR count). The lowest BCUT2D eigenvalue weighted by Crippen LogP contribution is -2.49. The summed E-state index contributed by atoms with van der Waals surface area (Å²) in [5.41, 5.74) is 2.22. The van der Waals surface area contributed by atoms with Crippen LogP contribution >= 0.6 is 0 Å². The molecule has 1 aromatic rings. The summed E-state index contributed by atoms with van der Waals surface area (Å²) < 4.78 is 0. The van der Waals surface area contributed by atoms with Crippen molar-refractivity contribution >= 4 is 17.7 Å². The highest BCUT2D eigenvalue weighted by Gasteiger charge is 2.37. The molecule has 128 valence electrons. The largest absolute Gasteiger partial charge is 0.465 e. The standard InChI is InChI=1S/C18H23N3O3/c22-17-11-13-3-1-2-4-16(13)21(17)14-5-8-19(9-6-14)15-7-10-20(12-15)18(23)24/h1-4,14-15H,5-12H2,(H,23,24)/t15-/m0/s1. The first-order valence-corrected chi connectivity index (χ1v) is 8.75. The van der Waals surface area contributed by atoms with Crippen LogP contribution in [0.2, 0.25) is 0 Å². The Bertz CT molecular complexity index is 655. The second-order valence-corrected chi connectivity index (χ2v) is 7.01. The molecule has 0 spiro atoms. The van der Waals surface area contributed by atoms with Crippen molar-refractivity contribution in [3.05, 3.63) is 29.8 Å². The number of carbonyl (C=O) groups is 2. The van der Waals surface area contributed by atoms with E-state index in [-0.39, 0.29) is 11.9 Å². The number of hydrogen-bond acceptors (Lipinski definition) is 3. The summed E-state index contributed by atoms with van der Waals surface area (Å²) in [5, 5.41) is 9.10. The molecule has 1 aromatic carbocycles. The third kappa shape index (κ3) is 2.65. The van der Waals surface area contributed by atoms with Gasteiger partial charge in [0, 0.05) is 44.0 Å². The van der Waals surface area contributed by atoms with Crippen LogP contribution in [0.1, 0.15) is 24.8 Å². The first-order chi connectivity index (χ1) is 11.6. The molecule has 6 nitrogen and oxygen atoms in total. The minimum Gasteiger partial charge on any atom is -0.465 e. The molecule has 24 heavy (non-hydrogen) atoms. The van der Waals surface area contributed by atoms with Crippen LogP contribution in [0.15, 0.2) is 24.3 Å². The lowest BCUT2D eigenvalue weighted by Gasteiger charge is -2.39. The van der Waals surface area contributed by atoms with Crippen LogP contribution in [0, 0.1) is 0 Å². The Morgan fingerprint density at radius 2 is 1.75 bits per heavy atom. The van der Waals surface area contributed by atoms with Gasteiger partial charge in [0.1, 0.15) is 0 Å². The van der Waals surface area contributed by atoms with Crippen molar-refractivity contribution in [3.8, 4) is 0 Å². The lowest BCUT2D eigenvalue weighted by atomic mass is 10.0. The Kier molecular flexibility index (Phi) is 3.92. The zero-order valence-electron chi connectivity index (χ0n) is 13.7. The van der Waals surface area contributed by atoms with Crippen molar-refractivity contribution in [2.45, 2.75) is 37.8 Å². The molecular formula is C18H23N3O3. The molecule has 0 bridgehead atoms. The average Bonchev–Trinajstić information content (AvgIpc) is 3.19. The fourth-order valence-electron chi connectivity index (χ4n) is 4.40. The van der Waals surface area contributed by atoms with Gasteiger partial charge in [-0.25, -0.2) is 4.79 Å². The number of para-hydroxylation sites is 1. The van der Waals surface area contributed by atoms with Crippen LogP contribution in [0.4, 0.5) is 10.5 Å².